The Hall–Kier alpha value is -3.14. The first-order chi connectivity index (χ1) is 13.8. The Kier molecular flexibility index (Phi) is 4.87. The van der Waals surface area contributed by atoms with E-state index < -0.39 is 0 Å². The number of rotatable bonds is 4. The van der Waals surface area contributed by atoms with E-state index in [1.807, 2.05) is 35.2 Å². The molecular formula is C25H27N3O. The van der Waals surface area contributed by atoms with Crippen LogP contribution in [0.3, 0.4) is 0 Å². The molecule has 0 radical (unpaired) electrons. The fourth-order valence-electron chi connectivity index (χ4n) is 3.80. The van der Waals surface area contributed by atoms with E-state index in [-0.39, 0.29) is 17.4 Å². The molecule has 4 rings (SSSR count). The van der Waals surface area contributed by atoms with Crippen molar-refractivity contribution in [2.24, 2.45) is 0 Å². The Morgan fingerprint density at radius 3 is 2.34 bits per heavy atom. The zero-order valence-corrected chi connectivity index (χ0v) is 17.4. The van der Waals surface area contributed by atoms with Crippen LogP contribution in [0, 0.1) is 0 Å². The topological polar surface area (TPSA) is 45.2 Å². The van der Waals surface area contributed by atoms with E-state index in [0.717, 1.165) is 28.1 Å². The average Bonchev–Trinajstić information content (AvgIpc) is 3.06. The normalized spacial score (nSPS) is 14.6. The van der Waals surface area contributed by atoms with Gasteiger partial charge < -0.3 is 10.2 Å². The molecular weight excluding hydrogens is 358 g/mol. The van der Waals surface area contributed by atoms with E-state index in [4.69, 9.17) is 0 Å². The third kappa shape index (κ3) is 3.75. The molecule has 148 valence electrons. The Morgan fingerprint density at radius 2 is 1.69 bits per heavy atom. The lowest BCUT2D eigenvalue weighted by Gasteiger charge is -2.21. The molecule has 0 saturated carbocycles. The molecule has 0 aliphatic carbocycles. The molecule has 1 aliphatic heterocycles. The number of nitrogens with one attached hydrogen (secondary N) is 1. The molecule has 2 aromatic carbocycles. The lowest BCUT2D eigenvalue weighted by Crippen LogP contribution is -2.24. The van der Waals surface area contributed by atoms with Gasteiger partial charge >= 0.3 is 0 Å². The molecule has 29 heavy (non-hydrogen) atoms. The predicted molar refractivity (Wildman–Crippen MR) is 118 cm³/mol. The van der Waals surface area contributed by atoms with Gasteiger partial charge in [-0.05, 0) is 59.4 Å². The first-order valence-corrected chi connectivity index (χ1v) is 10.1. The monoisotopic (exact) mass is 385 g/mol. The van der Waals surface area contributed by atoms with Gasteiger partial charge in [0.05, 0.1) is 12.1 Å². The number of aromatic nitrogens is 1. The van der Waals surface area contributed by atoms with Crippen LogP contribution in [0.5, 0.6) is 0 Å². The molecule has 1 aliphatic rings. The minimum Gasteiger partial charge on any atom is -0.378 e. The van der Waals surface area contributed by atoms with Gasteiger partial charge in [-0.3, -0.25) is 9.78 Å². The van der Waals surface area contributed by atoms with Crippen LogP contribution < -0.4 is 10.2 Å². The standard InChI is InChI=1S/C25H27N3O/c1-17(18-12-14-26-15-13-18)27-22-7-5-6-19-16-28(24(29)23(19)22)21-10-8-20(9-11-21)25(2,3)4/h5-15,17,27H,16H2,1-4H3/t17-/m0/s1. The van der Waals surface area contributed by atoms with Crippen molar-refractivity contribution in [1.29, 1.82) is 0 Å². The summed E-state index contributed by atoms with van der Waals surface area (Å²) in [6, 6.07) is 18.5. The van der Waals surface area contributed by atoms with Crippen molar-refractivity contribution in [1.82, 2.24) is 4.98 Å². The number of benzene rings is 2. The van der Waals surface area contributed by atoms with Crippen LogP contribution in [-0.2, 0) is 12.0 Å². The van der Waals surface area contributed by atoms with E-state index >= 15 is 0 Å². The fraction of sp³-hybridized carbons (Fsp3) is 0.280. The van der Waals surface area contributed by atoms with Crippen molar-refractivity contribution in [2.45, 2.75) is 45.7 Å². The number of anilines is 2. The highest BCUT2D eigenvalue weighted by Crippen LogP contribution is 2.35. The minimum absolute atomic E-state index is 0.0496. The van der Waals surface area contributed by atoms with Gasteiger partial charge in [-0.2, -0.15) is 0 Å². The molecule has 4 nitrogen and oxygen atoms in total. The van der Waals surface area contributed by atoms with Crippen LogP contribution in [0.1, 0.15) is 60.8 Å². The largest absolute Gasteiger partial charge is 0.378 e. The zero-order valence-electron chi connectivity index (χ0n) is 17.4. The summed E-state index contributed by atoms with van der Waals surface area (Å²) in [5.41, 5.74) is 6.14. The van der Waals surface area contributed by atoms with E-state index in [1.165, 1.54) is 5.56 Å². The van der Waals surface area contributed by atoms with Crippen LogP contribution in [0.25, 0.3) is 0 Å². The highest BCUT2D eigenvalue weighted by molar-refractivity contribution is 6.13. The van der Waals surface area contributed by atoms with Crippen molar-refractivity contribution in [3.8, 4) is 0 Å². The number of carbonyl (C=O) groups is 1. The molecule has 0 spiro atoms. The maximum Gasteiger partial charge on any atom is 0.261 e. The third-order valence-corrected chi connectivity index (χ3v) is 5.56. The molecule has 1 atom stereocenters. The summed E-state index contributed by atoms with van der Waals surface area (Å²) < 4.78 is 0. The summed E-state index contributed by atoms with van der Waals surface area (Å²) in [6.07, 6.45) is 3.58. The van der Waals surface area contributed by atoms with Gasteiger partial charge in [0.1, 0.15) is 0 Å². The molecule has 0 bridgehead atoms. The summed E-state index contributed by atoms with van der Waals surface area (Å²) in [5.74, 6) is 0.0496. The Labute approximate surface area is 172 Å². The smallest absolute Gasteiger partial charge is 0.261 e. The van der Waals surface area contributed by atoms with Gasteiger partial charge in [0.2, 0.25) is 0 Å². The van der Waals surface area contributed by atoms with Crippen LogP contribution in [0.15, 0.2) is 67.0 Å². The number of carbonyl (C=O) groups excluding carboxylic acids is 1. The molecule has 1 amide bonds. The molecule has 0 saturated heterocycles. The Bertz CT molecular complexity index is 1020. The van der Waals surface area contributed by atoms with E-state index in [2.05, 4.69) is 62.3 Å². The van der Waals surface area contributed by atoms with Crippen molar-refractivity contribution in [3.63, 3.8) is 0 Å². The van der Waals surface area contributed by atoms with Crippen molar-refractivity contribution < 1.29 is 4.79 Å². The first kappa shape index (κ1) is 19.2. The zero-order chi connectivity index (χ0) is 20.6. The van der Waals surface area contributed by atoms with Gasteiger partial charge in [0.25, 0.3) is 5.91 Å². The highest BCUT2D eigenvalue weighted by Gasteiger charge is 2.31. The SMILES string of the molecule is C[C@H](Nc1cccc2c1C(=O)N(c1ccc(C(C)(C)C)cc1)C2)c1ccncc1. The second-order valence-corrected chi connectivity index (χ2v) is 8.67. The van der Waals surface area contributed by atoms with Crippen LogP contribution in [0.2, 0.25) is 0 Å². The Morgan fingerprint density at radius 1 is 1.00 bits per heavy atom. The van der Waals surface area contributed by atoms with Crippen molar-refractivity contribution in [2.75, 3.05) is 10.2 Å². The quantitative estimate of drug-likeness (QED) is 0.625. The van der Waals surface area contributed by atoms with Gasteiger partial charge in [-0.15, -0.1) is 0 Å². The molecule has 1 N–H and O–H groups in total. The lowest BCUT2D eigenvalue weighted by atomic mass is 9.87. The summed E-state index contributed by atoms with van der Waals surface area (Å²) in [7, 11) is 0. The van der Waals surface area contributed by atoms with E-state index in [0.29, 0.717) is 6.54 Å². The molecule has 1 aromatic heterocycles. The molecule has 0 unspecified atom stereocenters. The van der Waals surface area contributed by atoms with E-state index in [1.54, 1.807) is 12.4 Å². The summed E-state index contributed by atoms with van der Waals surface area (Å²) in [4.78, 5) is 19.2. The maximum absolute atomic E-state index is 13.3. The summed E-state index contributed by atoms with van der Waals surface area (Å²) >= 11 is 0. The third-order valence-electron chi connectivity index (χ3n) is 5.56. The predicted octanol–water partition coefficient (Wildman–Crippen LogP) is 5.71. The molecule has 2 heterocycles. The Balaban J connectivity index is 1.60. The minimum atomic E-state index is 0.0496. The fourth-order valence-corrected chi connectivity index (χ4v) is 3.80. The second-order valence-electron chi connectivity index (χ2n) is 8.67. The number of nitrogens with zero attached hydrogens (tertiary/aromatic N) is 2. The molecule has 3 aromatic rings. The summed E-state index contributed by atoms with van der Waals surface area (Å²) in [5, 5.41) is 3.51. The maximum atomic E-state index is 13.3. The number of pyridine rings is 1. The first-order valence-electron chi connectivity index (χ1n) is 10.1. The van der Waals surface area contributed by atoms with Crippen LogP contribution in [-0.4, -0.2) is 10.9 Å². The number of hydrogen-bond acceptors (Lipinski definition) is 3. The van der Waals surface area contributed by atoms with Crippen LogP contribution >= 0.6 is 0 Å². The number of hydrogen-bond donors (Lipinski definition) is 1. The van der Waals surface area contributed by atoms with Gasteiger partial charge in [0.15, 0.2) is 0 Å². The van der Waals surface area contributed by atoms with Crippen molar-refractivity contribution >= 4 is 17.3 Å². The van der Waals surface area contributed by atoms with Gasteiger partial charge in [0, 0.05) is 29.8 Å². The van der Waals surface area contributed by atoms with Crippen molar-refractivity contribution in [3.05, 3.63) is 89.2 Å². The van der Waals surface area contributed by atoms with E-state index in [9.17, 15) is 4.79 Å². The molecule has 0 fully saturated rings. The van der Waals surface area contributed by atoms with Crippen LogP contribution in [0.4, 0.5) is 11.4 Å². The average molecular weight is 386 g/mol. The summed E-state index contributed by atoms with van der Waals surface area (Å²) in [6.45, 7) is 9.28. The lowest BCUT2D eigenvalue weighted by molar-refractivity contribution is 0.0997. The molecule has 4 heteroatoms. The van der Waals surface area contributed by atoms with Gasteiger partial charge in [-0.1, -0.05) is 45.0 Å². The van der Waals surface area contributed by atoms with Gasteiger partial charge in [-0.25, -0.2) is 0 Å². The second kappa shape index (κ2) is 7.36. The number of fused-ring (bicyclic) bond motifs is 1. The number of amides is 1. The highest BCUT2D eigenvalue weighted by atomic mass is 16.2.